The molecule has 1 N–H and O–H groups in total. The molecular weight excluding hydrogens is 210 g/mol. The SMILES string of the molecule is COc1c(Cl)cc(C)c2c1NCC(C)C2. The van der Waals surface area contributed by atoms with Crippen molar-refractivity contribution in [1.82, 2.24) is 0 Å². The molecule has 0 amide bonds. The number of rotatable bonds is 1. The standard InChI is InChI=1S/C12H16ClNO/c1-7-4-9-8(2)5-10(13)12(15-3)11(9)14-6-7/h5,7,14H,4,6H2,1-3H3. The van der Waals surface area contributed by atoms with Gasteiger partial charge in [0.25, 0.3) is 0 Å². The molecule has 2 rings (SSSR count). The van der Waals surface area contributed by atoms with E-state index in [0.29, 0.717) is 10.9 Å². The van der Waals surface area contributed by atoms with Crippen LogP contribution >= 0.6 is 11.6 Å². The molecule has 82 valence electrons. The molecular formula is C12H16ClNO. The summed E-state index contributed by atoms with van der Waals surface area (Å²) in [6.45, 7) is 5.34. The molecule has 0 bridgehead atoms. The first-order valence-electron chi connectivity index (χ1n) is 5.23. The summed E-state index contributed by atoms with van der Waals surface area (Å²) in [4.78, 5) is 0. The van der Waals surface area contributed by atoms with Crippen LogP contribution in [0.1, 0.15) is 18.1 Å². The van der Waals surface area contributed by atoms with Gasteiger partial charge in [-0.25, -0.2) is 0 Å². The fraction of sp³-hybridized carbons (Fsp3) is 0.500. The van der Waals surface area contributed by atoms with Crippen molar-refractivity contribution in [3.63, 3.8) is 0 Å². The average molecular weight is 226 g/mol. The second-order valence-corrected chi connectivity index (χ2v) is 4.66. The maximum atomic E-state index is 6.14. The monoisotopic (exact) mass is 225 g/mol. The lowest BCUT2D eigenvalue weighted by atomic mass is 9.92. The van der Waals surface area contributed by atoms with Gasteiger partial charge in [0.15, 0.2) is 5.75 Å². The topological polar surface area (TPSA) is 21.3 Å². The van der Waals surface area contributed by atoms with E-state index in [-0.39, 0.29) is 0 Å². The number of halogens is 1. The zero-order valence-electron chi connectivity index (χ0n) is 9.36. The Labute approximate surface area is 95.6 Å². The molecule has 0 saturated carbocycles. The maximum absolute atomic E-state index is 6.14. The number of nitrogens with one attached hydrogen (secondary N) is 1. The lowest BCUT2D eigenvalue weighted by Crippen LogP contribution is -2.22. The third kappa shape index (κ3) is 1.78. The van der Waals surface area contributed by atoms with E-state index in [0.717, 1.165) is 24.4 Å². The van der Waals surface area contributed by atoms with E-state index >= 15 is 0 Å². The Morgan fingerprint density at radius 2 is 2.27 bits per heavy atom. The molecule has 1 unspecified atom stereocenters. The van der Waals surface area contributed by atoms with Crippen molar-refractivity contribution in [3.8, 4) is 5.75 Å². The molecule has 0 aromatic heterocycles. The molecule has 0 aliphatic carbocycles. The van der Waals surface area contributed by atoms with Gasteiger partial charge in [-0.1, -0.05) is 18.5 Å². The summed E-state index contributed by atoms with van der Waals surface area (Å²) in [6, 6.07) is 1.99. The van der Waals surface area contributed by atoms with Crippen LogP contribution in [0.15, 0.2) is 6.07 Å². The van der Waals surface area contributed by atoms with Gasteiger partial charge in [-0.2, -0.15) is 0 Å². The van der Waals surface area contributed by atoms with Crippen molar-refractivity contribution < 1.29 is 4.74 Å². The number of anilines is 1. The summed E-state index contributed by atoms with van der Waals surface area (Å²) in [5.74, 6) is 1.45. The molecule has 1 aliphatic heterocycles. The first kappa shape index (κ1) is 10.6. The van der Waals surface area contributed by atoms with Crippen LogP contribution in [0.2, 0.25) is 5.02 Å². The van der Waals surface area contributed by atoms with E-state index in [1.807, 2.05) is 6.07 Å². The zero-order chi connectivity index (χ0) is 11.0. The number of fused-ring (bicyclic) bond motifs is 1. The van der Waals surface area contributed by atoms with E-state index in [2.05, 4.69) is 19.2 Å². The number of benzene rings is 1. The largest absolute Gasteiger partial charge is 0.493 e. The molecule has 0 saturated heterocycles. The lowest BCUT2D eigenvalue weighted by molar-refractivity contribution is 0.414. The maximum Gasteiger partial charge on any atom is 0.160 e. The minimum absolute atomic E-state index is 0.669. The van der Waals surface area contributed by atoms with E-state index in [1.165, 1.54) is 11.1 Å². The molecule has 0 fully saturated rings. The van der Waals surface area contributed by atoms with Crippen LogP contribution in [-0.4, -0.2) is 13.7 Å². The van der Waals surface area contributed by atoms with Gasteiger partial charge >= 0.3 is 0 Å². The van der Waals surface area contributed by atoms with Crippen molar-refractivity contribution in [2.45, 2.75) is 20.3 Å². The molecule has 3 heteroatoms. The van der Waals surface area contributed by atoms with Crippen LogP contribution in [0.4, 0.5) is 5.69 Å². The molecule has 1 atom stereocenters. The number of hydrogen-bond acceptors (Lipinski definition) is 2. The summed E-state index contributed by atoms with van der Waals surface area (Å²) in [5, 5.41) is 4.09. The van der Waals surface area contributed by atoms with E-state index in [9.17, 15) is 0 Å². The Hall–Kier alpha value is -0.890. The second kappa shape index (κ2) is 3.93. The number of ether oxygens (including phenoxy) is 1. The Balaban J connectivity index is 2.57. The van der Waals surface area contributed by atoms with Gasteiger partial charge in [-0.3, -0.25) is 0 Å². The molecule has 1 heterocycles. The highest BCUT2D eigenvalue weighted by Crippen LogP contribution is 2.40. The van der Waals surface area contributed by atoms with Gasteiger partial charge in [-0.05, 0) is 36.5 Å². The normalized spacial score (nSPS) is 19.3. The highest BCUT2D eigenvalue weighted by atomic mass is 35.5. The van der Waals surface area contributed by atoms with Gasteiger partial charge < -0.3 is 10.1 Å². The van der Waals surface area contributed by atoms with Crippen molar-refractivity contribution in [1.29, 1.82) is 0 Å². The van der Waals surface area contributed by atoms with Gasteiger partial charge in [0.2, 0.25) is 0 Å². The molecule has 0 radical (unpaired) electrons. The van der Waals surface area contributed by atoms with Gasteiger partial charge in [0, 0.05) is 6.54 Å². The molecule has 1 aliphatic rings. The fourth-order valence-corrected chi connectivity index (χ4v) is 2.48. The lowest BCUT2D eigenvalue weighted by Gasteiger charge is -2.27. The van der Waals surface area contributed by atoms with Gasteiger partial charge in [0.1, 0.15) is 0 Å². The second-order valence-electron chi connectivity index (χ2n) is 4.25. The van der Waals surface area contributed by atoms with Crippen LogP contribution in [0.3, 0.4) is 0 Å². The van der Waals surface area contributed by atoms with Crippen LogP contribution in [0.5, 0.6) is 5.75 Å². The zero-order valence-corrected chi connectivity index (χ0v) is 10.1. The smallest absolute Gasteiger partial charge is 0.160 e. The Kier molecular flexibility index (Phi) is 2.79. The minimum Gasteiger partial charge on any atom is -0.493 e. The van der Waals surface area contributed by atoms with E-state index in [1.54, 1.807) is 7.11 Å². The van der Waals surface area contributed by atoms with Crippen LogP contribution in [0.25, 0.3) is 0 Å². The Morgan fingerprint density at radius 3 is 2.93 bits per heavy atom. The van der Waals surface area contributed by atoms with Crippen molar-refractivity contribution >= 4 is 17.3 Å². The van der Waals surface area contributed by atoms with Gasteiger partial charge in [0.05, 0.1) is 17.8 Å². The van der Waals surface area contributed by atoms with Crippen LogP contribution in [0, 0.1) is 12.8 Å². The summed E-state index contributed by atoms with van der Waals surface area (Å²) in [7, 11) is 1.66. The van der Waals surface area contributed by atoms with Gasteiger partial charge in [-0.15, -0.1) is 0 Å². The quantitative estimate of drug-likeness (QED) is 0.792. The third-order valence-corrected chi connectivity index (χ3v) is 3.23. The predicted molar refractivity (Wildman–Crippen MR) is 64.1 cm³/mol. The van der Waals surface area contributed by atoms with E-state index in [4.69, 9.17) is 16.3 Å². The van der Waals surface area contributed by atoms with Crippen LogP contribution in [-0.2, 0) is 6.42 Å². The molecule has 2 nitrogen and oxygen atoms in total. The summed E-state index contributed by atoms with van der Waals surface area (Å²) >= 11 is 6.14. The van der Waals surface area contributed by atoms with Crippen LogP contribution < -0.4 is 10.1 Å². The Morgan fingerprint density at radius 1 is 1.53 bits per heavy atom. The molecule has 0 spiro atoms. The first-order valence-corrected chi connectivity index (χ1v) is 5.61. The summed E-state index contributed by atoms with van der Waals surface area (Å²) in [6.07, 6.45) is 1.10. The molecule has 1 aromatic rings. The summed E-state index contributed by atoms with van der Waals surface area (Å²) < 4.78 is 5.34. The van der Waals surface area contributed by atoms with E-state index < -0.39 is 0 Å². The third-order valence-electron chi connectivity index (χ3n) is 2.95. The molecule has 1 aromatic carbocycles. The average Bonchev–Trinajstić information content (AvgIpc) is 2.19. The number of aryl methyl sites for hydroxylation is 1. The number of hydrogen-bond donors (Lipinski definition) is 1. The van der Waals surface area contributed by atoms with Crippen molar-refractivity contribution in [2.75, 3.05) is 19.0 Å². The number of methoxy groups -OCH3 is 1. The predicted octanol–water partition coefficient (Wildman–Crippen LogP) is 3.26. The fourth-order valence-electron chi connectivity index (χ4n) is 2.14. The van der Waals surface area contributed by atoms with Crippen molar-refractivity contribution in [2.24, 2.45) is 5.92 Å². The first-order chi connectivity index (χ1) is 7.13. The highest BCUT2D eigenvalue weighted by molar-refractivity contribution is 6.32. The van der Waals surface area contributed by atoms with Crippen molar-refractivity contribution in [3.05, 3.63) is 22.2 Å². The molecule has 15 heavy (non-hydrogen) atoms. The highest BCUT2D eigenvalue weighted by Gasteiger charge is 2.21. The summed E-state index contributed by atoms with van der Waals surface area (Å²) in [5.41, 5.74) is 3.67. The Bertz CT molecular complexity index is 390. The minimum atomic E-state index is 0.669.